The van der Waals surface area contributed by atoms with Crippen molar-refractivity contribution in [1.29, 1.82) is 0 Å². The van der Waals surface area contributed by atoms with E-state index in [2.05, 4.69) is 32.6 Å². The van der Waals surface area contributed by atoms with Crippen molar-refractivity contribution < 1.29 is 0 Å². The number of hydrogen-bond acceptors (Lipinski definition) is 2. The van der Waals surface area contributed by atoms with Gasteiger partial charge in [0, 0.05) is 0 Å². The predicted octanol–water partition coefficient (Wildman–Crippen LogP) is 1.73. The Balaban J connectivity index is 3.03. The van der Waals surface area contributed by atoms with Gasteiger partial charge in [0.2, 0.25) is 0 Å². The first-order valence-electron chi connectivity index (χ1n) is 1.92. The fourth-order valence-electron chi connectivity index (χ4n) is 0.297. The van der Waals surface area contributed by atoms with Gasteiger partial charge in [0.25, 0.3) is 0 Å². The number of aromatic nitrogens is 2. The Hall–Kier alpha value is 0.1000. The van der Waals surface area contributed by atoms with Crippen molar-refractivity contribution in [2.24, 2.45) is 0 Å². The van der Waals surface area contributed by atoms with Crippen molar-refractivity contribution >= 4 is 34.2 Å². The summed E-state index contributed by atoms with van der Waals surface area (Å²) in [5.74, 6) is 0. The van der Waals surface area contributed by atoms with Gasteiger partial charge < -0.3 is 0 Å². The summed E-state index contributed by atoms with van der Waals surface area (Å²) in [6, 6.07) is 0. The monoisotopic (exact) mass is 240 g/mol. The fraction of sp³-hybridized carbons (Fsp3) is 0. The van der Waals surface area contributed by atoms with Crippen molar-refractivity contribution in [3.05, 3.63) is 21.2 Å². The highest BCUT2D eigenvalue weighted by Gasteiger charge is 1.86. The quantitative estimate of drug-likeness (QED) is 0.646. The lowest BCUT2D eigenvalue weighted by atomic mass is 10.8. The number of hydrogen-bond donors (Lipinski definition) is 0. The molecular formula is C4H2ClIN2. The predicted molar refractivity (Wildman–Crippen MR) is 39.8 cm³/mol. The largest absolute Gasteiger partial charge is 0.245 e. The molecule has 0 atom stereocenters. The fourth-order valence-corrected chi connectivity index (χ4v) is 0.673. The molecule has 1 heterocycles. The van der Waals surface area contributed by atoms with Crippen molar-refractivity contribution in [2.75, 3.05) is 0 Å². The van der Waals surface area contributed by atoms with Gasteiger partial charge in [-0.15, -0.1) is 0 Å². The molecule has 1 rings (SSSR count). The molecule has 0 saturated heterocycles. The lowest BCUT2D eigenvalue weighted by Crippen LogP contribution is -1.80. The Morgan fingerprint density at radius 2 is 2.12 bits per heavy atom. The van der Waals surface area contributed by atoms with Crippen molar-refractivity contribution in [1.82, 2.24) is 9.97 Å². The van der Waals surface area contributed by atoms with Gasteiger partial charge >= 0.3 is 0 Å². The third-order valence-corrected chi connectivity index (χ3v) is 1.34. The highest BCUT2D eigenvalue weighted by molar-refractivity contribution is 14.1. The minimum atomic E-state index is 0.436. The van der Waals surface area contributed by atoms with E-state index in [-0.39, 0.29) is 0 Å². The standard InChI is InChI=1S/C4H2ClIN2/c5-3-1-8-4(6)2-7-3/h1-2H. The molecule has 2 nitrogen and oxygen atoms in total. The van der Waals surface area contributed by atoms with E-state index in [0.717, 1.165) is 3.70 Å². The van der Waals surface area contributed by atoms with Crippen LogP contribution in [0.25, 0.3) is 0 Å². The third kappa shape index (κ3) is 1.56. The summed E-state index contributed by atoms with van der Waals surface area (Å²) in [6.07, 6.45) is 3.13. The zero-order valence-electron chi connectivity index (χ0n) is 3.81. The lowest BCUT2D eigenvalue weighted by molar-refractivity contribution is 1.16. The van der Waals surface area contributed by atoms with E-state index in [9.17, 15) is 0 Å². The number of halogens is 2. The van der Waals surface area contributed by atoms with Gasteiger partial charge in [-0.25, -0.2) is 9.97 Å². The van der Waals surface area contributed by atoms with Gasteiger partial charge in [0.1, 0.15) is 8.85 Å². The summed E-state index contributed by atoms with van der Waals surface area (Å²) in [7, 11) is 0. The van der Waals surface area contributed by atoms with E-state index >= 15 is 0 Å². The molecule has 8 heavy (non-hydrogen) atoms. The number of nitrogens with zero attached hydrogens (tertiary/aromatic N) is 2. The maximum absolute atomic E-state index is 5.43. The third-order valence-electron chi connectivity index (χ3n) is 0.589. The molecule has 0 aliphatic heterocycles. The molecule has 0 unspecified atom stereocenters. The molecule has 0 amide bonds. The first kappa shape index (κ1) is 6.22. The summed E-state index contributed by atoms with van der Waals surface area (Å²) in [5.41, 5.74) is 0. The summed E-state index contributed by atoms with van der Waals surface area (Å²) in [4.78, 5) is 7.65. The van der Waals surface area contributed by atoms with Crippen LogP contribution in [0.15, 0.2) is 12.4 Å². The molecule has 42 valence electrons. The average molecular weight is 240 g/mol. The highest BCUT2D eigenvalue weighted by Crippen LogP contribution is 2.02. The van der Waals surface area contributed by atoms with E-state index in [1.165, 1.54) is 6.20 Å². The minimum absolute atomic E-state index is 0.436. The summed E-state index contributed by atoms with van der Waals surface area (Å²) < 4.78 is 0.854. The Kier molecular flexibility index (Phi) is 2.01. The molecule has 0 saturated carbocycles. The smallest absolute Gasteiger partial charge is 0.147 e. The first-order chi connectivity index (χ1) is 3.79. The van der Waals surface area contributed by atoms with Gasteiger partial charge in [-0.3, -0.25) is 0 Å². The molecular weight excluding hydrogens is 238 g/mol. The summed E-state index contributed by atoms with van der Waals surface area (Å²) in [6.45, 7) is 0. The maximum atomic E-state index is 5.43. The van der Waals surface area contributed by atoms with Crippen LogP contribution in [0.1, 0.15) is 0 Å². The van der Waals surface area contributed by atoms with E-state index in [4.69, 9.17) is 11.6 Å². The minimum Gasteiger partial charge on any atom is -0.245 e. The van der Waals surface area contributed by atoms with Crippen LogP contribution >= 0.6 is 34.2 Å². The summed E-state index contributed by atoms with van der Waals surface area (Å²) >= 11 is 7.50. The van der Waals surface area contributed by atoms with Crippen LogP contribution < -0.4 is 0 Å². The van der Waals surface area contributed by atoms with Crippen LogP contribution in [-0.4, -0.2) is 9.97 Å². The Morgan fingerprint density at radius 1 is 1.38 bits per heavy atom. The van der Waals surface area contributed by atoms with Crippen molar-refractivity contribution in [2.45, 2.75) is 0 Å². The second-order valence-electron chi connectivity index (χ2n) is 1.16. The zero-order chi connectivity index (χ0) is 5.98. The second kappa shape index (κ2) is 2.59. The van der Waals surface area contributed by atoms with Crippen molar-refractivity contribution in [3.8, 4) is 0 Å². The van der Waals surface area contributed by atoms with Gasteiger partial charge in [-0.2, -0.15) is 0 Å². The molecule has 1 aromatic heterocycles. The van der Waals surface area contributed by atoms with Gasteiger partial charge in [0.05, 0.1) is 12.4 Å². The molecule has 0 bridgehead atoms. The average Bonchev–Trinajstić information content (AvgIpc) is 1.77. The van der Waals surface area contributed by atoms with Gasteiger partial charge in [-0.05, 0) is 22.6 Å². The number of rotatable bonds is 0. The maximum Gasteiger partial charge on any atom is 0.147 e. The van der Waals surface area contributed by atoms with Crippen LogP contribution in [0.5, 0.6) is 0 Å². The Labute approximate surface area is 65.4 Å². The van der Waals surface area contributed by atoms with Crippen LogP contribution in [0.4, 0.5) is 0 Å². The molecule has 0 radical (unpaired) electrons. The second-order valence-corrected chi connectivity index (χ2v) is 2.65. The van der Waals surface area contributed by atoms with Crippen LogP contribution in [0.2, 0.25) is 5.15 Å². The van der Waals surface area contributed by atoms with Crippen LogP contribution in [0.3, 0.4) is 0 Å². The Morgan fingerprint density at radius 3 is 2.50 bits per heavy atom. The molecule has 4 heteroatoms. The zero-order valence-corrected chi connectivity index (χ0v) is 6.72. The molecule has 1 aromatic rings. The normalized spacial score (nSPS) is 9.25. The summed E-state index contributed by atoms with van der Waals surface area (Å²) in [5, 5.41) is 0.436. The van der Waals surface area contributed by atoms with Crippen LogP contribution in [0, 0.1) is 3.70 Å². The molecule has 0 aliphatic rings. The molecule has 0 aliphatic carbocycles. The molecule has 0 aromatic carbocycles. The van der Waals surface area contributed by atoms with Crippen LogP contribution in [-0.2, 0) is 0 Å². The molecule has 0 N–H and O–H groups in total. The molecule has 0 fully saturated rings. The highest BCUT2D eigenvalue weighted by atomic mass is 127. The van der Waals surface area contributed by atoms with E-state index in [0.29, 0.717) is 5.15 Å². The first-order valence-corrected chi connectivity index (χ1v) is 3.38. The van der Waals surface area contributed by atoms with E-state index in [1.54, 1.807) is 6.20 Å². The van der Waals surface area contributed by atoms with Gasteiger partial charge in [-0.1, -0.05) is 11.6 Å². The topological polar surface area (TPSA) is 25.8 Å². The molecule has 0 spiro atoms. The SMILES string of the molecule is Clc1cnc(I)cn1. The van der Waals surface area contributed by atoms with Gasteiger partial charge in [0.15, 0.2) is 0 Å². The van der Waals surface area contributed by atoms with E-state index in [1.807, 2.05) is 0 Å². The van der Waals surface area contributed by atoms with Crippen molar-refractivity contribution in [3.63, 3.8) is 0 Å². The Bertz CT molecular complexity index is 153. The lowest BCUT2D eigenvalue weighted by Gasteiger charge is -1.85. The van der Waals surface area contributed by atoms with E-state index < -0.39 is 0 Å².